The molecular formula is C21H22FN3O4S2. The third-order valence-electron chi connectivity index (χ3n) is 5.24. The monoisotopic (exact) mass is 463 g/mol. The molecule has 1 aliphatic rings. The zero-order chi connectivity index (χ0) is 22.0. The molecule has 0 saturated carbocycles. The molecule has 1 amide bonds. The van der Waals surface area contributed by atoms with E-state index >= 15 is 0 Å². The number of ether oxygens (including phenoxy) is 1. The fourth-order valence-electron chi connectivity index (χ4n) is 3.44. The summed E-state index contributed by atoms with van der Waals surface area (Å²) in [5, 5.41) is 0.897. The van der Waals surface area contributed by atoms with Gasteiger partial charge in [-0.15, -0.1) is 0 Å². The number of carbonyl (C=O) groups excluding carboxylic acids is 1. The van der Waals surface area contributed by atoms with Gasteiger partial charge in [-0.1, -0.05) is 11.3 Å². The van der Waals surface area contributed by atoms with E-state index in [0.717, 1.165) is 33.2 Å². The van der Waals surface area contributed by atoms with E-state index in [9.17, 15) is 17.6 Å². The number of rotatable bonds is 6. The number of hydrogen-bond acceptors (Lipinski definition) is 7. The third kappa shape index (κ3) is 4.80. The molecule has 3 aromatic rings. The number of nitrogens with zero attached hydrogens (tertiary/aromatic N) is 3. The Labute approximate surface area is 184 Å². The van der Waals surface area contributed by atoms with E-state index in [4.69, 9.17) is 4.74 Å². The highest BCUT2D eigenvalue weighted by atomic mass is 32.2. The van der Waals surface area contributed by atoms with E-state index in [2.05, 4.69) is 9.88 Å². The Hall–Kier alpha value is -2.72. The number of piperazine rings is 1. The Bertz CT molecular complexity index is 1190. The van der Waals surface area contributed by atoms with Gasteiger partial charge in [-0.2, -0.15) is 0 Å². The highest BCUT2D eigenvalue weighted by molar-refractivity contribution is 7.91. The average Bonchev–Trinajstić information content (AvgIpc) is 3.21. The van der Waals surface area contributed by atoms with Crippen molar-refractivity contribution in [3.05, 3.63) is 48.3 Å². The van der Waals surface area contributed by atoms with Crippen LogP contribution in [-0.2, 0) is 14.6 Å². The maximum Gasteiger partial charge on any atom is 0.223 e. The van der Waals surface area contributed by atoms with Crippen LogP contribution in [0.25, 0.3) is 10.2 Å². The van der Waals surface area contributed by atoms with Crippen LogP contribution >= 0.6 is 11.3 Å². The van der Waals surface area contributed by atoms with Crippen molar-refractivity contribution >= 4 is 42.4 Å². The summed E-state index contributed by atoms with van der Waals surface area (Å²) in [6, 6.07) is 10.4. The summed E-state index contributed by atoms with van der Waals surface area (Å²) in [5.74, 6) is -0.203. The summed E-state index contributed by atoms with van der Waals surface area (Å²) in [6.45, 7) is 2.28. The van der Waals surface area contributed by atoms with Gasteiger partial charge in [-0.05, 0) is 42.5 Å². The molecule has 31 heavy (non-hydrogen) atoms. The lowest BCUT2D eigenvalue weighted by Crippen LogP contribution is -2.49. The molecule has 0 bridgehead atoms. The van der Waals surface area contributed by atoms with Gasteiger partial charge < -0.3 is 14.5 Å². The van der Waals surface area contributed by atoms with Crippen molar-refractivity contribution in [1.29, 1.82) is 0 Å². The second-order valence-corrected chi connectivity index (χ2v) is 10.3. The minimum absolute atomic E-state index is 0.0268. The van der Waals surface area contributed by atoms with E-state index in [-0.39, 0.29) is 23.0 Å². The van der Waals surface area contributed by atoms with Crippen LogP contribution in [0, 0.1) is 5.82 Å². The van der Waals surface area contributed by atoms with Gasteiger partial charge in [0, 0.05) is 32.6 Å². The number of aromatic nitrogens is 1. The molecule has 10 heteroatoms. The number of methoxy groups -OCH3 is 1. The highest BCUT2D eigenvalue weighted by Crippen LogP contribution is 2.31. The van der Waals surface area contributed by atoms with Crippen LogP contribution < -0.4 is 9.64 Å². The summed E-state index contributed by atoms with van der Waals surface area (Å²) in [4.78, 5) is 21.1. The van der Waals surface area contributed by atoms with Gasteiger partial charge >= 0.3 is 0 Å². The molecule has 2 aromatic carbocycles. The van der Waals surface area contributed by atoms with Crippen molar-refractivity contribution in [2.45, 2.75) is 11.3 Å². The van der Waals surface area contributed by atoms with Crippen molar-refractivity contribution in [1.82, 2.24) is 9.88 Å². The number of fused-ring (bicyclic) bond motifs is 1. The molecule has 7 nitrogen and oxygen atoms in total. The SMILES string of the molecule is COc1ccc2nc(N3CCN(C(=O)CCS(=O)(=O)c4ccc(F)cc4)CC3)sc2c1. The number of hydrogen-bond donors (Lipinski definition) is 0. The van der Waals surface area contributed by atoms with E-state index in [1.165, 1.54) is 12.1 Å². The minimum atomic E-state index is -3.63. The molecule has 2 heterocycles. The number of anilines is 1. The average molecular weight is 464 g/mol. The quantitative estimate of drug-likeness (QED) is 0.523. The van der Waals surface area contributed by atoms with Gasteiger partial charge in [0.15, 0.2) is 15.0 Å². The standard InChI is InChI=1S/C21H22FN3O4S2/c1-29-16-4-7-18-19(14-16)30-21(23-18)25-11-9-24(10-12-25)20(26)8-13-31(27,28)17-5-2-15(22)3-6-17/h2-7,14H,8-13H2,1H3. The van der Waals surface area contributed by atoms with Crippen LogP contribution in [0.2, 0.25) is 0 Å². The minimum Gasteiger partial charge on any atom is -0.497 e. The Kier molecular flexibility index (Phi) is 6.10. The van der Waals surface area contributed by atoms with Gasteiger partial charge in [0.2, 0.25) is 5.91 Å². The molecule has 164 valence electrons. The summed E-state index contributed by atoms with van der Waals surface area (Å²) in [6.07, 6.45) is -0.0966. The summed E-state index contributed by atoms with van der Waals surface area (Å²) in [7, 11) is -2.00. The van der Waals surface area contributed by atoms with Crippen molar-refractivity contribution < 1.29 is 22.3 Å². The first-order chi connectivity index (χ1) is 14.9. The number of amides is 1. The first-order valence-electron chi connectivity index (χ1n) is 9.81. The number of carbonyl (C=O) groups is 1. The van der Waals surface area contributed by atoms with Crippen LogP contribution in [-0.4, -0.2) is 63.3 Å². The molecule has 1 fully saturated rings. The van der Waals surface area contributed by atoms with Crippen LogP contribution in [0.5, 0.6) is 5.75 Å². The number of benzene rings is 2. The van der Waals surface area contributed by atoms with Gasteiger partial charge in [-0.3, -0.25) is 4.79 Å². The van der Waals surface area contributed by atoms with Gasteiger partial charge in [0.25, 0.3) is 0 Å². The van der Waals surface area contributed by atoms with Crippen LogP contribution in [0.3, 0.4) is 0 Å². The molecule has 0 N–H and O–H groups in total. The summed E-state index contributed by atoms with van der Waals surface area (Å²) >= 11 is 1.58. The Morgan fingerprint density at radius 2 is 1.84 bits per heavy atom. The van der Waals surface area contributed by atoms with Crippen molar-refractivity contribution in [2.75, 3.05) is 43.9 Å². The first-order valence-corrected chi connectivity index (χ1v) is 12.3. The zero-order valence-corrected chi connectivity index (χ0v) is 18.6. The summed E-state index contributed by atoms with van der Waals surface area (Å²) in [5.41, 5.74) is 0.908. The molecular weight excluding hydrogens is 441 g/mol. The lowest BCUT2D eigenvalue weighted by atomic mass is 10.3. The zero-order valence-electron chi connectivity index (χ0n) is 17.0. The van der Waals surface area contributed by atoms with E-state index < -0.39 is 15.7 Å². The predicted octanol–water partition coefficient (Wildman–Crippen LogP) is 2.96. The first kappa shape index (κ1) is 21.5. The molecule has 1 aliphatic heterocycles. The normalized spacial score (nSPS) is 14.8. The second kappa shape index (κ2) is 8.80. The molecule has 1 saturated heterocycles. The largest absolute Gasteiger partial charge is 0.497 e. The van der Waals surface area contributed by atoms with E-state index in [1.54, 1.807) is 23.3 Å². The lowest BCUT2D eigenvalue weighted by molar-refractivity contribution is -0.131. The van der Waals surface area contributed by atoms with Crippen LogP contribution in [0.4, 0.5) is 9.52 Å². The lowest BCUT2D eigenvalue weighted by Gasteiger charge is -2.34. The van der Waals surface area contributed by atoms with Gasteiger partial charge in [-0.25, -0.2) is 17.8 Å². The van der Waals surface area contributed by atoms with Crippen LogP contribution in [0.1, 0.15) is 6.42 Å². The molecule has 0 unspecified atom stereocenters. The van der Waals surface area contributed by atoms with Gasteiger partial charge in [0.1, 0.15) is 11.6 Å². The highest BCUT2D eigenvalue weighted by Gasteiger charge is 2.25. The molecule has 0 radical (unpaired) electrons. The molecule has 0 spiro atoms. The maximum absolute atomic E-state index is 13.0. The third-order valence-corrected chi connectivity index (χ3v) is 8.06. The topological polar surface area (TPSA) is 79.8 Å². The Balaban J connectivity index is 1.33. The Morgan fingerprint density at radius 3 is 2.52 bits per heavy atom. The smallest absolute Gasteiger partial charge is 0.223 e. The second-order valence-electron chi connectivity index (χ2n) is 7.22. The molecule has 0 atom stereocenters. The Morgan fingerprint density at radius 1 is 1.13 bits per heavy atom. The van der Waals surface area contributed by atoms with Crippen LogP contribution in [0.15, 0.2) is 47.4 Å². The maximum atomic E-state index is 13.0. The van der Waals surface area contributed by atoms with E-state index in [0.29, 0.717) is 26.2 Å². The van der Waals surface area contributed by atoms with E-state index in [1.807, 2.05) is 18.2 Å². The predicted molar refractivity (Wildman–Crippen MR) is 118 cm³/mol. The fraction of sp³-hybridized carbons (Fsp3) is 0.333. The van der Waals surface area contributed by atoms with Crippen molar-refractivity contribution in [2.24, 2.45) is 0 Å². The summed E-state index contributed by atoms with van der Waals surface area (Å²) < 4.78 is 44.1. The van der Waals surface area contributed by atoms with Crippen molar-refractivity contribution in [3.8, 4) is 5.75 Å². The number of sulfone groups is 1. The number of thiazole rings is 1. The van der Waals surface area contributed by atoms with Crippen molar-refractivity contribution in [3.63, 3.8) is 0 Å². The molecule has 4 rings (SSSR count). The molecule has 1 aromatic heterocycles. The fourth-order valence-corrected chi connectivity index (χ4v) is 5.72. The number of halogens is 1. The molecule has 0 aliphatic carbocycles. The van der Waals surface area contributed by atoms with Gasteiger partial charge in [0.05, 0.1) is 28.0 Å².